The van der Waals surface area contributed by atoms with Crippen molar-refractivity contribution in [3.63, 3.8) is 0 Å². The van der Waals surface area contributed by atoms with E-state index in [1.165, 1.54) is 18.1 Å². The van der Waals surface area contributed by atoms with Crippen LogP contribution in [-0.2, 0) is 24.8 Å². The van der Waals surface area contributed by atoms with Gasteiger partial charge in [0, 0.05) is 45.0 Å². The Labute approximate surface area is 144 Å². The van der Waals surface area contributed by atoms with Gasteiger partial charge in [-0.25, -0.2) is 4.79 Å². The number of benzene rings is 1. The van der Waals surface area contributed by atoms with E-state index in [0.29, 0.717) is 5.56 Å². The molecule has 8 heteroatoms. The molecule has 0 saturated carbocycles. The zero-order chi connectivity index (χ0) is 18.6. The first-order chi connectivity index (χ1) is 11.8. The summed E-state index contributed by atoms with van der Waals surface area (Å²) in [6.45, 7) is 0.277. The maximum Gasteiger partial charge on any atom is 0.328 e. The highest BCUT2D eigenvalue weighted by Gasteiger charge is 2.10. The lowest BCUT2D eigenvalue weighted by atomic mass is 10.1. The molecule has 2 aromatic rings. The van der Waals surface area contributed by atoms with Crippen LogP contribution in [0.5, 0.6) is 0 Å². The Morgan fingerprint density at radius 2 is 1.80 bits per heavy atom. The maximum atomic E-state index is 12.0. The summed E-state index contributed by atoms with van der Waals surface area (Å²) in [6, 6.07) is 6.91. The van der Waals surface area contributed by atoms with Gasteiger partial charge >= 0.3 is 5.69 Å². The number of hydrogen-bond acceptors (Lipinski definition) is 4. The lowest BCUT2D eigenvalue weighted by Crippen LogP contribution is -2.36. The minimum atomic E-state index is -0.526. The second-order valence-corrected chi connectivity index (χ2v) is 5.83. The standard InChI is InChI=1S/C17H20N4O4/c1-20(2)15(23)12-6-4-11(5-7-12)9-18-14(22)8-13-10-19-17(25)21(3)16(13)24/h4-7,10H,8-9H2,1-3H3,(H,18,22)(H,19,25). The molecule has 1 aromatic heterocycles. The molecule has 1 heterocycles. The van der Waals surface area contributed by atoms with Crippen molar-refractivity contribution in [1.29, 1.82) is 0 Å². The molecule has 0 aliphatic heterocycles. The minimum Gasteiger partial charge on any atom is -0.352 e. The van der Waals surface area contributed by atoms with Crippen molar-refractivity contribution in [3.05, 3.63) is 68.0 Å². The highest BCUT2D eigenvalue weighted by atomic mass is 16.2. The fourth-order valence-corrected chi connectivity index (χ4v) is 2.20. The third-order valence-electron chi connectivity index (χ3n) is 3.70. The molecule has 0 atom stereocenters. The molecule has 0 aliphatic rings. The molecule has 2 rings (SSSR count). The van der Waals surface area contributed by atoms with Crippen molar-refractivity contribution >= 4 is 11.8 Å². The number of carbonyl (C=O) groups is 2. The van der Waals surface area contributed by atoms with Crippen LogP contribution in [0.3, 0.4) is 0 Å². The number of amides is 2. The van der Waals surface area contributed by atoms with Gasteiger partial charge in [0.2, 0.25) is 5.91 Å². The van der Waals surface area contributed by atoms with E-state index in [2.05, 4.69) is 10.3 Å². The maximum absolute atomic E-state index is 12.0. The Hall–Kier alpha value is -3.16. The predicted molar refractivity (Wildman–Crippen MR) is 92.3 cm³/mol. The Bertz CT molecular complexity index is 894. The molecule has 0 radical (unpaired) electrons. The number of hydrogen-bond donors (Lipinski definition) is 2. The van der Waals surface area contributed by atoms with Crippen molar-refractivity contribution in [1.82, 2.24) is 19.8 Å². The highest BCUT2D eigenvalue weighted by Crippen LogP contribution is 2.06. The second kappa shape index (κ2) is 7.61. The van der Waals surface area contributed by atoms with Crippen LogP contribution in [0.2, 0.25) is 0 Å². The molecule has 0 fully saturated rings. The van der Waals surface area contributed by atoms with E-state index in [1.807, 2.05) is 0 Å². The molecule has 0 saturated heterocycles. The first kappa shape index (κ1) is 18.2. The summed E-state index contributed by atoms with van der Waals surface area (Å²) < 4.78 is 0.920. The van der Waals surface area contributed by atoms with Gasteiger partial charge in [-0.2, -0.15) is 0 Å². The molecule has 2 N–H and O–H groups in total. The van der Waals surface area contributed by atoms with Gasteiger partial charge in [-0.1, -0.05) is 12.1 Å². The van der Waals surface area contributed by atoms with E-state index in [1.54, 1.807) is 38.4 Å². The Balaban J connectivity index is 1.96. The summed E-state index contributed by atoms with van der Waals surface area (Å²) >= 11 is 0. The summed E-state index contributed by atoms with van der Waals surface area (Å²) in [6.07, 6.45) is 1.13. The molecule has 2 amide bonds. The molecule has 8 nitrogen and oxygen atoms in total. The van der Waals surface area contributed by atoms with Crippen molar-refractivity contribution in [2.45, 2.75) is 13.0 Å². The number of nitrogens with one attached hydrogen (secondary N) is 2. The van der Waals surface area contributed by atoms with Crippen LogP contribution in [0.1, 0.15) is 21.5 Å². The van der Waals surface area contributed by atoms with Gasteiger partial charge in [-0.05, 0) is 17.7 Å². The summed E-state index contributed by atoms with van der Waals surface area (Å²) in [5.41, 5.74) is 0.591. The molecular formula is C17H20N4O4. The monoisotopic (exact) mass is 344 g/mol. The van der Waals surface area contributed by atoms with Gasteiger partial charge in [0.15, 0.2) is 0 Å². The van der Waals surface area contributed by atoms with Crippen molar-refractivity contribution in [2.75, 3.05) is 14.1 Å². The lowest BCUT2D eigenvalue weighted by Gasteiger charge is -2.11. The molecule has 0 bridgehead atoms. The SMILES string of the molecule is CN(C)C(=O)c1ccc(CNC(=O)Cc2c[nH]c(=O)n(C)c2=O)cc1. The van der Waals surface area contributed by atoms with Crippen LogP contribution in [0.4, 0.5) is 0 Å². The highest BCUT2D eigenvalue weighted by molar-refractivity contribution is 5.93. The van der Waals surface area contributed by atoms with Crippen LogP contribution in [-0.4, -0.2) is 40.4 Å². The molecule has 0 aliphatic carbocycles. The zero-order valence-corrected chi connectivity index (χ0v) is 14.3. The number of nitrogens with zero attached hydrogens (tertiary/aromatic N) is 2. The third kappa shape index (κ3) is 4.43. The Morgan fingerprint density at radius 1 is 1.16 bits per heavy atom. The Morgan fingerprint density at radius 3 is 2.40 bits per heavy atom. The first-order valence-electron chi connectivity index (χ1n) is 7.64. The van der Waals surface area contributed by atoms with Gasteiger partial charge in [-0.15, -0.1) is 0 Å². The fraction of sp³-hybridized carbons (Fsp3) is 0.294. The topological polar surface area (TPSA) is 104 Å². The van der Waals surface area contributed by atoms with Crippen LogP contribution >= 0.6 is 0 Å². The summed E-state index contributed by atoms with van der Waals surface area (Å²) in [4.78, 5) is 50.9. The van der Waals surface area contributed by atoms with E-state index in [4.69, 9.17) is 0 Å². The number of H-pyrrole nitrogens is 1. The number of aromatic nitrogens is 2. The Kier molecular flexibility index (Phi) is 5.53. The van der Waals surface area contributed by atoms with Crippen molar-refractivity contribution in [2.24, 2.45) is 7.05 Å². The van der Waals surface area contributed by atoms with Gasteiger partial charge in [0.05, 0.1) is 6.42 Å². The van der Waals surface area contributed by atoms with Crippen molar-refractivity contribution < 1.29 is 9.59 Å². The fourth-order valence-electron chi connectivity index (χ4n) is 2.20. The third-order valence-corrected chi connectivity index (χ3v) is 3.70. The van der Waals surface area contributed by atoms with Gasteiger partial charge < -0.3 is 15.2 Å². The van der Waals surface area contributed by atoms with E-state index in [9.17, 15) is 19.2 Å². The molecule has 0 spiro atoms. The smallest absolute Gasteiger partial charge is 0.328 e. The van der Waals surface area contributed by atoms with Crippen LogP contribution in [0.25, 0.3) is 0 Å². The molecular weight excluding hydrogens is 324 g/mol. The summed E-state index contributed by atoms with van der Waals surface area (Å²) in [7, 11) is 4.70. The van der Waals surface area contributed by atoms with Crippen LogP contribution < -0.4 is 16.6 Å². The largest absolute Gasteiger partial charge is 0.352 e. The first-order valence-corrected chi connectivity index (χ1v) is 7.64. The van der Waals surface area contributed by atoms with Crippen LogP contribution in [0, 0.1) is 0 Å². The zero-order valence-electron chi connectivity index (χ0n) is 14.3. The second-order valence-electron chi connectivity index (χ2n) is 5.83. The van der Waals surface area contributed by atoms with E-state index >= 15 is 0 Å². The summed E-state index contributed by atoms with van der Waals surface area (Å²) in [5.74, 6) is -0.429. The number of aromatic amines is 1. The summed E-state index contributed by atoms with van der Waals surface area (Å²) in [5, 5.41) is 2.71. The normalized spacial score (nSPS) is 10.4. The van der Waals surface area contributed by atoms with E-state index in [-0.39, 0.29) is 30.3 Å². The average Bonchev–Trinajstić information content (AvgIpc) is 2.60. The minimum absolute atomic E-state index is 0.0931. The average molecular weight is 344 g/mol. The van der Waals surface area contributed by atoms with Crippen LogP contribution in [0.15, 0.2) is 40.1 Å². The number of carbonyl (C=O) groups excluding carboxylic acids is 2. The molecule has 0 unspecified atom stereocenters. The van der Waals surface area contributed by atoms with E-state index < -0.39 is 11.2 Å². The molecule has 1 aromatic carbocycles. The van der Waals surface area contributed by atoms with Gasteiger partial charge in [0.1, 0.15) is 0 Å². The van der Waals surface area contributed by atoms with Gasteiger partial charge in [-0.3, -0.25) is 19.0 Å². The molecule has 25 heavy (non-hydrogen) atoms. The predicted octanol–water partition coefficient (Wildman–Crippen LogP) is -0.366. The van der Waals surface area contributed by atoms with E-state index in [0.717, 1.165) is 10.1 Å². The van der Waals surface area contributed by atoms with Crippen molar-refractivity contribution in [3.8, 4) is 0 Å². The molecule has 132 valence electrons. The number of rotatable bonds is 5. The van der Waals surface area contributed by atoms with Gasteiger partial charge in [0.25, 0.3) is 11.5 Å². The quantitative estimate of drug-likeness (QED) is 0.772. The lowest BCUT2D eigenvalue weighted by molar-refractivity contribution is -0.120.